The van der Waals surface area contributed by atoms with E-state index in [-0.39, 0.29) is 17.0 Å². The van der Waals surface area contributed by atoms with Crippen molar-refractivity contribution in [1.82, 2.24) is 0 Å². The van der Waals surface area contributed by atoms with Crippen molar-refractivity contribution in [1.29, 1.82) is 0 Å². The molecule has 0 amide bonds. The van der Waals surface area contributed by atoms with Gasteiger partial charge < -0.3 is 21.7 Å². The predicted octanol–water partition coefficient (Wildman–Crippen LogP) is 2.59. The molecule has 2 aromatic carbocycles. The molecule has 0 fully saturated rings. The van der Waals surface area contributed by atoms with E-state index in [1.165, 1.54) is 24.3 Å². The van der Waals surface area contributed by atoms with Gasteiger partial charge in [-0.25, -0.2) is 9.59 Å². The summed E-state index contributed by atoms with van der Waals surface area (Å²) in [6.45, 7) is 1.83. The SMILES string of the molecule is CC(Cc1cc(N)ccc1C(=O)O)c1cc(N)ccc1C(=O)O. The van der Waals surface area contributed by atoms with Gasteiger partial charge in [-0.3, -0.25) is 0 Å². The zero-order chi connectivity index (χ0) is 17.1. The second kappa shape index (κ2) is 6.39. The molecule has 0 spiro atoms. The van der Waals surface area contributed by atoms with Crippen molar-refractivity contribution in [2.45, 2.75) is 19.3 Å². The normalized spacial score (nSPS) is 11.9. The third-order valence-corrected chi connectivity index (χ3v) is 3.72. The lowest BCUT2D eigenvalue weighted by Gasteiger charge is -2.17. The monoisotopic (exact) mass is 314 g/mol. The fourth-order valence-electron chi connectivity index (χ4n) is 2.61. The summed E-state index contributed by atoms with van der Waals surface area (Å²) < 4.78 is 0. The number of rotatable bonds is 5. The smallest absolute Gasteiger partial charge is 0.335 e. The average Bonchev–Trinajstić information content (AvgIpc) is 2.46. The molecule has 0 aliphatic rings. The maximum absolute atomic E-state index is 11.4. The topological polar surface area (TPSA) is 127 Å². The first-order valence-corrected chi connectivity index (χ1v) is 7.04. The minimum atomic E-state index is -1.04. The Morgan fingerprint density at radius 3 is 2.04 bits per heavy atom. The Labute approximate surface area is 133 Å². The van der Waals surface area contributed by atoms with Gasteiger partial charge in [-0.05, 0) is 59.9 Å². The molecule has 23 heavy (non-hydrogen) atoms. The molecule has 0 radical (unpaired) electrons. The van der Waals surface area contributed by atoms with Crippen molar-refractivity contribution < 1.29 is 19.8 Å². The molecule has 0 saturated carbocycles. The van der Waals surface area contributed by atoms with Crippen LogP contribution in [0.25, 0.3) is 0 Å². The molecule has 0 bridgehead atoms. The van der Waals surface area contributed by atoms with Crippen molar-refractivity contribution in [2.75, 3.05) is 11.5 Å². The van der Waals surface area contributed by atoms with Gasteiger partial charge in [0.15, 0.2) is 0 Å². The Bertz CT molecular complexity index is 771. The van der Waals surface area contributed by atoms with Gasteiger partial charge in [0.2, 0.25) is 0 Å². The van der Waals surface area contributed by atoms with Crippen molar-refractivity contribution >= 4 is 23.3 Å². The molecule has 0 heterocycles. The van der Waals surface area contributed by atoms with E-state index in [1.54, 1.807) is 12.1 Å². The summed E-state index contributed by atoms with van der Waals surface area (Å²) in [6, 6.07) is 9.19. The lowest BCUT2D eigenvalue weighted by molar-refractivity contribution is 0.0683. The van der Waals surface area contributed by atoms with Crippen LogP contribution >= 0.6 is 0 Å². The quantitative estimate of drug-likeness (QED) is 0.628. The van der Waals surface area contributed by atoms with Crippen LogP contribution in [0.5, 0.6) is 0 Å². The van der Waals surface area contributed by atoms with E-state index in [4.69, 9.17) is 11.5 Å². The largest absolute Gasteiger partial charge is 0.478 e. The van der Waals surface area contributed by atoms with Crippen LogP contribution in [0.2, 0.25) is 0 Å². The molecule has 0 aliphatic heterocycles. The summed E-state index contributed by atoms with van der Waals surface area (Å²) in [6.07, 6.45) is 0.344. The van der Waals surface area contributed by atoms with E-state index in [0.717, 1.165) is 0 Å². The molecule has 1 unspecified atom stereocenters. The Kier molecular flexibility index (Phi) is 4.55. The van der Waals surface area contributed by atoms with Gasteiger partial charge in [0.1, 0.15) is 0 Å². The van der Waals surface area contributed by atoms with Crippen LogP contribution < -0.4 is 11.5 Å². The molecule has 0 aliphatic carbocycles. The molecule has 0 saturated heterocycles. The number of carboxylic acids is 2. The highest BCUT2D eigenvalue weighted by Crippen LogP contribution is 2.28. The number of carboxylic acid groups (broad SMARTS) is 2. The average molecular weight is 314 g/mol. The van der Waals surface area contributed by atoms with Crippen molar-refractivity contribution in [2.24, 2.45) is 0 Å². The Balaban J connectivity index is 2.42. The lowest BCUT2D eigenvalue weighted by Crippen LogP contribution is -2.11. The molecule has 6 nitrogen and oxygen atoms in total. The minimum Gasteiger partial charge on any atom is -0.478 e. The fraction of sp³-hybridized carbons (Fsp3) is 0.176. The fourth-order valence-corrected chi connectivity index (χ4v) is 2.61. The summed E-state index contributed by atoms with van der Waals surface area (Å²) in [5.74, 6) is -2.32. The number of hydrogen-bond acceptors (Lipinski definition) is 4. The van der Waals surface area contributed by atoms with Crippen molar-refractivity contribution in [3.05, 3.63) is 58.7 Å². The Morgan fingerprint density at radius 1 is 0.957 bits per heavy atom. The number of carbonyl (C=O) groups is 2. The summed E-state index contributed by atoms with van der Waals surface area (Å²) in [5, 5.41) is 18.6. The molecule has 120 valence electrons. The third-order valence-electron chi connectivity index (χ3n) is 3.72. The molecular weight excluding hydrogens is 296 g/mol. The van der Waals surface area contributed by atoms with Crippen LogP contribution in [0, 0.1) is 0 Å². The van der Waals surface area contributed by atoms with Gasteiger partial charge in [-0.1, -0.05) is 6.92 Å². The highest BCUT2D eigenvalue weighted by Gasteiger charge is 2.19. The lowest BCUT2D eigenvalue weighted by atomic mass is 9.88. The highest BCUT2D eigenvalue weighted by molar-refractivity contribution is 5.91. The number of nitrogens with two attached hydrogens (primary N) is 2. The summed E-state index contributed by atoms with van der Waals surface area (Å²) in [5.41, 5.74) is 13.9. The Morgan fingerprint density at radius 2 is 1.48 bits per heavy atom. The summed E-state index contributed by atoms with van der Waals surface area (Å²) >= 11 is 0. The third kappa shape index (κ3) is 3.60. The first-order valence-electron chi connectivity index (χ1n) is 7.04. The van der Waals surface area contributed by atoms with Gasteiger partial charge in [0.25, 0.3) is 0 Å². The molecule has 2 rings (SSSR count). The molecule has 6 N–H and O–H groups in total. The van der Waals surface area contributed by atoms with Gasteiger partial charge in [0, 0.05) is 11.4 Å². The van der Waals surface area contributed by atoms with Gasteiger partial charge in [0.05, 0.1) is 11.1 Å². The molecule has 6 heteroatoms. The van der Waals surface area contributed by atoms with Crippen LogP contribution in [0.3, 0.4) is 0 Å². The minimum absolute atomic E-state index is 0.159. The molecule has 0 aromatic heterocycles. The van der Waals surface area contributed by atoms with Crippen LogP contribution in [-0.2, 0) is 6.42 Å². The zero-order valence-electron chi connectivity index (χ0n) is 12.6. The number of hydrogen-bond donors (Lipinski definition) is 4. The maximum atomic E-state index is 11.4. The van der Waals surface area contributed by atoms with E-state index in [9.17, 15) is 19.8 Å². The van der Waals surface area contributed by atoms with Gasteiger partial charge in [-0.2, -0.15) is 0 Å². The van der Waals surface area contributed by atoms with E-state index in [0.29, 0.717) is 28.9 Å². The summed E-state index contributed by atoms with van der Waals surface area (Å²) in [4.78, 5) is 22.7. The second-order valence-electron chi connectivity index (χ2n) is 5.48. The van der Waals surface area contributed by atoms with E-state index in [2.05, 4.69) is 0 Å². The van der Waals surface area contributed by atoms with Crippen molar-refractivity contribution in [3.63, 3.8) is 0 Å². The van der Waals surface area contributed by atoms with E-state index >= 15 is 0 Å². The number of nitrogen functional groups attached to an aromatic ring is 2. The molecule has 1 atom stereocenters. The van der Waals surface area contributed by atoms with E-state index < -0.39 is 11.9 Å². The Hall–Kier alpha value is -3.02. The van der Waals surface area contributed by atoms with Crippen molar-refractivity contribution in [3.8, 4) is 0 Å². The second-order valence-corrected chi connectivity index (χ2v) is 5.48. The van der Waals surface area contributed by atoms with Crippen LogP contribution in [0.15, 0.2) is 36.4 Å². The molecule has 2 aromatic rings. The van der Waals surface area contributed by atoms with Crippen LogP contribution in [0.4, 0.5) is 11.4 Å². The first-order chi connectivity index (χ1) is 10.8. The van der Waals surface area contributed by atoms with Crippen LogP contribution in [0.1, 0.15) is 44.7 Å². The zero-order valence-corrected chi connectivity index (χ0v) is 12.6. The number of benzene rings is 2. The summed E-state index contributed by atoms with van der Waals surface area (Å²) in [7, 11) is 0. The van der Waals surface area contributed by atoms with Crippen LogP contribution in [-0.4, -0.2) is 22.2 Å². The maximum Gasteiger partial charge on any atom is 0.335 e. The number of aromatic carboxylic acids is 2. The van der Waals surface area contributed by atoms with E-state index in [1.807, 2.05) is 6.92 Å². The number of anilines is 2. The predicted molar refractivity (Wildman–Crippen MR) is 87.7 cm³/mol. The van der Waals surface area contributed by atoms with Gasteiger partial charge in [-0.15, -0.1) is 0 Å². The van der Waals surface area contributed by atoms with Gasteiger partial charge >= 0.3 is 11.9 Å². The first kappa shape index (κ1) is 16.4. The highest BCUT2D eigenvalue weighted by atomic mass is 16.4. The standard InChI is InChI=1S/C17H18N2O4/c1-9(15-8-12(19)3-5-14(15)17(22)23)6-10-7-11(18)2-4-13(10)16(20)21/h2-5,7-9H,6,18-19H2,1H3,(H,20,21)(H,22,23). The molecular formula is C17H18N2O4.